The molecule has 6 heteroatoms. The van der Waals surface area contributed by atoms with Crippen LogP contribution in [-0.2, 0) is 9.59 Å². The Labute approximate surface area is 211 Å². The maximum absolute atomic E-state index is 14.2. The molecule has 1 atom stereocenters. The monoisotopic (exact) mass is 484 g/mol. The lowest BCUT2D eigenvalue weighted by Crippen LogP contribution is -2.60. The summed E-state index contributed by atoms with van der Waals surface area (Å²) in [6, 6.07) is 5.50. The van der Waals surface area contributed by atoms with Crippen LogP contribution in [0.2, 0.25) is 0 Å². The predicted molar refractivity (Wildman–Crippen MR) is 138 cm³/mol. The normalized spacial score (nSPS) is 23.5. The van der Waals surface area contributed by atoms with Crippen LogP contribution in [0.1, 0.15) is 108 Å². The number of nitrogens with zero attached hydrogens (tertiary/aromatic N) is 2. The summed E-state index contributed by atoms with van der Waals surface area (Å²) < 4.78 is 11.5. The number of carbonyl (C=O) groups is 2. The molecule has 2 aliphatic carbocycles. The third-order valence-corrected chi connectivity index (χ3v) is 8.09. The zero-order valence-corrected chi connectivity index (χ0v) is 21.8. The van der Waals surface area contributed by atoms with Crippen LogP contribution in [0.5, 0.6) is 11.5 Å². The number of amides is 2. The summed E-state index contributed by atoms with van der Waals surface area (Å²) >= 11 is 0. The van der Waals surface area contributed by atoms with Crippen molar-refractivity contribution >= 4 is 11.8 Å². The summed E-state index contributed by atoms with van der Waals surface area (Å²) in [5.74, 6) is 1.50. The van der Waals surface area contributed by atoms with Gasteiger partial charge >= 0.3 is 0 Å². The van der Waals surface area contributed by atoms with Gasteiger partial charge in [-0.3, -0.25) is 9.59 Å². The van der Waals surface area contributed by atoms with Crippen LogP contribution < -0.4 is 9.47 Å². The van der Waals surface area contributed by atoms with Crippen molar-refractivity contribution in [1.82, 2.24) is 9.80 Å². The number of carbonyl (C=O) groups excluding carboxylic acids is 2. The first-order valence-electron chi connectivity index (χ1n) is 14.1. The van der Waals surface area contributed by atoms with Crippen LogP contribution in [0.15, 0.2) is 18.2 Å². The molecular weight excluding hydrogens is 440 g/mol. The first-order chi connectivity index (χ1) is 17.1. The number of ether oxygens (including phenoxy) is 2. The van der Waals surface area contributed by atoms with Crippen LogP contribution in [0.25, 0.3) is 0 Å². The standard InChI is InChI=1S/C29H44N2O4/c1-3-19-35-25-18-17-22(20-26(25)34-2)28-29(33)30(23-13-9-7-8-10-14-23)21-27(32)31(28)24-15-11-5-4-6-12-16-24/h17-18,20,23-24,28H,3-16,19,21H2,1-2H3/t28-/m1/s1. The highest BCUT2D eigenvalue weighted by Gasteiger charge is 2.45. The summed E-state index contributed by atoms with van der Waals surface area (Å²) in [6.45, 7) is 2.91. The molecule has 2 amide bonds. The molecule has 2 saturated carbocycles. The largest absolute Gasteiger partial charge is 0.493 e. The van der Waals surface area contributed by atoms with E-state index in [9.17, 15) is 9.59 Å². The number of piperazine rings is 1. The van der Waals surface area contributed by atoms with E-state index < -0.39 is 6.04 Å². The molecule has 1 heterocycles. The highest BCUT2D eigenvalue weighted by Crippen LogP contribution is 2.39. The van der Waals surface area contributed by atoms with Gasteiger partial charge in [-0.1, -0.05) is 70.8 Å². The van der Waals surface area contributed by atoms with Crippen molar-refractivity contribution in [3.63, 3.8) is 0 Å². The lowest BCUT2D eigenvalue weighted by molar-refractivity contribution is -0.162. The molecule has 3 aliphatic rings. The fourth-order valence-electron chi connectivity index (χ4n) is 6.22. The fraction of sp³-hybridized carbons (Fsp3) is 0.724. The van der Waals surface area contributed by atoms with Gasteiger partial charge in [-0.05, 0) is 49.8 Å². The summed E-state index contributed by atoms with van der Waals surface area (Å²) in [7, 11) is 1.64. The van der Waals surface area contributed by atoms with Crippen molar-refractivity contribution in [3.8, 4) is 11.5 Å². The second kappa shape index (κ2) is 12.6. The highest BCUT2D eigenvalue weighted by atomic mass is 16.5. The second-order valence-electron chi connectivity index (χ2n) is 10.6. The van der Waals surface area contributed by atoms with Gasteiger partial charge in [0.05, 0.1) is 13.7 Å². The van der Waals surface area contributed by atoms with Gasteiger partial charge in [0.2, 0.25) is 5.91 Å². The predicted octanol–water partition coefficient (Wildman–Crippen LogP) is 6.03. The van der Waals surface area contributed by atoms with Gasteiger partial charge in [-0.15, -0.1) is 0 Å². The van der Waals surface area contributed by atoms with Crippen molar-refractivity contribution in [1.29, 1.82) is 0 Å². The van der Waals surface area contributed by atoms with E-state index in [-0.39, 0.29) is 30.4 Å². The Bertz CT molecular complexity index is 841. The van der Waals surface area contributed by atoms with Gasteiger partial charge in [-0.2, -0.15) is 0 Å². The Morgan fingerprint density at radius 2 is 1.43 bits per heavy atom. The van der Waals surface area contributed by atoms with E-state index in [0.29, 0.717) is 18.1 Å². The van der Waals surface area contributed by atoms with Crippen LogP contribution in [-0.4, -0.2) is 54.0 Å². The first kappa shape index (κ1) is 25.8. The maximum Gasteiger partial charge on any atom is 0.250 e. The molecule has 0 N–H and O–H groups in total. The molecule has 4 rings (SSSR count). The quantitative estimate of drug-likeness (QED) is 0.443. The van der Waals surface area contributed by atoms with Gasteiger partial charge in [0.1, 0.15) is 12.6 Å². The van der Waals surface area contributed by atoms with E-state index in [1.807, 2.05) is 28.0 Å². The van der Waals surface area contributed by atoms with Gasteiger partial charge in [0.15, 0.2) is 11.5 Å². The minimum Gasteiger partial charge on any atom is -0.493 e. The summed E-state index contributed by atoms with van der Waals surface area (Å²) in [6.07, 6.45) is 15.5. The first-order valence-corrected chi connectivity index (χ1v) is 14.1. The highest BCUT2D eigenvalue weighted by molar-refractivity contribution is 5.96. The van der Waals surface area contributed by atoms with Gasteiger partial charge in [0.25, 0.3) is 5.91 Å². The van der Waals surface area contributed by atoms with Crippen LogP contribution in [0.4, 0.5) is 0 Å². The molecule has 35 heavy (non-hydrogen) atoms. The minimum atomic E-state index is -0.585. The lowest BCUT2D eigenvalue weighted by atomic mass is 9.90. The Hall–Kier alpha value is -2.24. The second-order valence-corrected chi connectivity index (χ2v) is 10.6. The third kappa shape index (κ3) is 6.13. The molecule has 3 fully saturated rings. The Morgan fingerprint density at radius 1 is 0.829 bits per heavy atom. The van der Waals surface area contributed by atoms with E-state index in [0.717, 1.165) is 63.4 Å². The van der Waals surface area contributed by atoms with Crippen molar-refractivity contribution in [3.05, 3.63) is 23.8 Å². The molecule has 1 aromatic carbocycles. The van der Waals surface area contributed by atoms with E-state index in [1.165, 1.54) is 32.1 Å². The van der Waals surface area contributed by atoms with E-state index in [2.05, 4.69) is 6.92 Å². The van der Waals surface area contributed by atoms with Gasteiger partial charge in [-0.25, -0.2) is 0 Å². The zero-order valence-electron chi connectivity index (χ0n) is 21.8. The van der Waals surface area contributed by atoms with Gasteiger partial charge in [0, 0.05) is 12.1 Å². The fourth-order valence-corrected chi connectivity index (χ4v) is 6.22. The number of benzene rings is 1. The molecule has 1 aliphatic heterocycles. The average molecular weight is 485 g/mol. The number of hydrogen-bond acceptors (Lipinski definition) is 4. The summed E-state index contributed by atoms with van der Waals surface area (Å²) in [4.78, 5) is 31.9. The zero-order chi connectivity index (χ0) is 24.6. The van der Waals surface area contributed by atoms with Crippen LogP contribution in [0.3, 0.4) is 0 Å². The van der Waals surface area contributed by atoms with E-state index >= 15 is 0 Å². The molecule has 0 bridgehead atoms. The maximum atomic E-state index is 14.2. The molecule has 0 spiro atoms. The molecule has 6 nitrogen and oxygen atoms in total. The number of methoxy groups -OCH3 is 1. The molecular formula is C29H44N2O4. The lowest BCUT2D eigenvalue weighted by Gasteiger charge is -2.47. The molecule has 1 saturated heterocycles. The minimum absolute atomic E-state index is 0.0860. The third-order valence-electron chi connectivity index (χ3n) is 8.09. The summed E-state index contributed by atoms with van der Waals surface area (Å²) in [5.41, 5.74) is 0.837. The van der Waals surface area contributed by atoms with Crippen molar-refractivity contribution in [2.24, 2.45) is 0 Å². The topological polar surface area (TPSA) is 59.1 Å². The molecule has 1 aromatic rings. The van der Waals surface area contributed by atoms with E-state index in [4.69, 9.17) is 9.47 Å². The molecule has 0 radical (unpaired) electrons. The van der Waals surface area contributed by atoms with Crippen LogP contribution >= 0.6 is 0 Å². The summed E-state index contributed by atoms with van der Waals surface area (Å²) in [5, 5.41) is 0. The number of hydrogen-bond donors (Lipinski definition) is 0. The van der Waals surface area contributed by atoms with Crippen molar-refractivity contribution < 1.29 is 19.1 Å². The Morgan fingerprint density at radius 3 is 2.03 bits per heavy atom. The Kier molecular flexibility index (Phi) is 9.33. The van der Waals surface area contributed by atoms with Crippen molar-refractivity contribution in [2.75, 3.05) is 20.3 Å². The van der Waals surface area contributed by atoms with E-state index in [1.54, 1.807) is 7.11 Å². The smallest absolute Gasteiger partial charge is 0.250 e. The SMILES string of the molecule is CCCOc1ccc([C@@H]2C(=O)N(C3CCCCCC3)CC(=O)N2C2CCCCCCC2)cc1OC. The van der Waals surface area contributed by atoms with Crippen molar-refractivity contribution in [2.45, 2.75) is 115 Å². The van der Waals surface area contributed by atoms with Crippen LogP contribution in [0, 0.1) is 0 Å². The molecule has 0 unspecified atom stereocenters. The Balaban J connectivity index is 1.69. The number of rotatable bonds is 7. The van der Waals surface area contributed by atoms with Gasteiger partial charge < -0.3 is 19.3 Å². The molecule has 194 valence electrons. The average Bonchev–Trinajstić information content (AvgIpc) is 3.13. The molecule has 0 aromatic heterocycles.